The molecule has 2 N–H and O–H groups in total. The topological polar surface area (TPSA) is 61.4 Å². The number of nitrogens with zero attached hydrogens (tertiary/aromatic N) is 1. The van der Waals surface area contributed by atoms with Crippen LogP contribution < -0.4 is 10.0 Å². The minimum Gasteiger partial charge on any atom is -0.315 e. The summed E-state index contributed by atoms with van der Waals surface area (Å²) in [5, 5.41) is 3.36. The van der Waals surface area contributed by atoms with E-state index in [1.807, 2.05) is 0 Å². The zero-order valence-electron chi connectivity index (χ0n) is 12.8. The van der Waals surface area contributed by atoms with Gasteiger partial charge in [0.1, 0.15) is 0 Å². The summed E-state index contributed by atoms with van der Waals surface area (Å²) < 4.78 is 29.5. The molecular formula is C14H29N3O2S. The van der Waals surface area contributed by atoms with Gasteiger partial charge in [0.05, 0.1) is 0 Å². The van der Waals surface area contributed by atoms with Crippen LogP contribution in [0.4, 0.5) is 0 Å². The Morgan fingerprint density at radius 2 is 2.05 bits per heavy atom. The first-order valence-corrected chi connectivity index (χ1v) is 9.38. The second-order valence-electron chi connectivity index (χ2n) is 6.60. The van der Waals surface area contributed by atoms with Crippen LogP contribution in [0, 0.1) is 5.41 Å². The van der Waals surface area contributed by atoms with Crippen LogP contribution in [0.5, 0.6) is 0 Å². The van der Waals surface area contributed by atoms with Gasteiger partial charge in [-0.2, -0.15) is 12.7 Å². The molecule has 1 saturated carbocycles. The number of rotatable bonds is 8. The zero-order chi connectivity index (χ0) is 14.6. The summed E-state index contributed by atoms with van der Waals surface area (Å²) in [5.41, 5.74) is 0.207. The molecule has 6 heteroatoms. The fourth-order valence-electron chi connectivity index (χ4n) is 2.68. The van der Waals surface area contributed by atoms with Crippen molar-refractivity contribution in [1.82, 2.24) is 14.3 Å². The zero-order valence-corrected chi connectivity index (χ0v) is 13.6. The molecule has 1 aliphatic heterocycles. The normalized spacial score (nSPS) is 26.6. The van der Waals surface area contributed by atoms with Gasteiger partial charge in [0.25, 0.3) is 10.2 Å². The van der Waals surface area contributed by atoms with E-state index in [9.17, 15) is 8.42 Å². The quantitative estimate of drug-likeness (QED) is 0.668. The molecule has 0 aromatic heterocycles. The van der Waals surface area contributed by atoms with E-state index in [4.69, 9.17) is 0 Å². The first-order valence-electron chi connectivity index (χ1n) is 7.94. The van der Waals surface area contributed by atoms with E-state index in [2.05, 4.69) is 23.9 Å². The Labute approximate surface area is 123 Å². The predicted octanol–water partition coefficient (Wildman–Crippen LogP) is 1.47. The Balaban J connectivity index is 1.91. The largest absolute Gasteiger partial charge is 0.315 e. The molecule has 2 rings (SSSR count). The van der Waals surface area contributed by atoms with E-state index in [0.29, 0.717) is 13.1 Å². The maximum atomic E-state index is 12.5. The fraction of sp³-hybridized carbons (Fsp3) is 1.00. The smallest absolute Gasteiger partial charge is 0.279 e. The average Bonchev–Trinajstić information content (AvgIpc) is 3.16. The molecule has 0 radical (unpaired) electrons. The SMILES string of the molecule is CCCNCC1CCCCN1S(=O)(=O)NCC1(C)CC1. The van der Waals surface area contributed by atoms with Crippen LogP contribution in [-0.2, 0) is 10.2 Å². The van der Waals surface area contributed by atoms with Crippen LogP contribution in [0.3, 0.4) is 0 Å². The molecule has 0 aromatic rings. The number of piperidine rings is 1. The van der Waals surface area contributed by atoms with Gasteiger partial charge in [0.15, 0.2) is 0 Å². The van der Waals surface area contributed by atoms with Gasteiger partial charge in [-0.15, -0.1) is 0 Å². The summed E-state index contributed by atoms with van der Waals surface area (Å²) in [6.07, 6.45) is 6.42. The number of hydrogen-bond acceptors (Lipinski definition) is 3. The van der Waals surface area contributed by atoms with Crippen LogP contribution in [0.2, 0.25) is 0 Å². The van der Waals surface area contributed by atoms with Gasteiger partial charge in [-0.25, -0.2) is 4.72 Å². The summed E-state index contributed by atoms with van der Waals surface area (Å²) in [7, 11) is -3.32. The summed E-state index contributed by atoms with van der Waals surface area (Å²) in [6, 6.07) is 0.111. The maximum absolute atomic E-state index is 12.5. The van der Waals surface area contributed by atoms with Crippen molar-refractivity contribution >= 4 is 10.2 Å². The van der Waals surface area contributed by atoms with Gasteiger partial charge in [0, 0.05) is 25.7 Å². The monoisotopic (exact) mass is 303 g/mol. The van der Waals surface area contributed by atoms with Gasteiger partial charge in [-0.1, -0.05) is 20.3 Å². The standard InChI is InChI=1S/C14H29N3O2S/c1-3-9-15-11-13-6-4-5-10-17(13)20(18,19)16-12-14(2)7-8-14/h13,15-16H,3-12H2,1-2H3. The lowest BCUT2D eigenvalue weighted by atomic mass is 10.1. The van der Waals surface area contributed by atoms with Crippen LogP contribution in [0.15, 0.2) is 0 Å². The minimum atomic E-state index is -3.32. The van der Waals surface area contributed by atoms with E-state index in [-0.39, 0.29) is 11.5 Å². The molecule has 1 unspecified atom stereocenters. The third-order valence-corrected chi connectivity index (χ3v) is 6.08. The lowest BCUT2D eigenvalue weighted by molar-refractivity contribution is 0.242. The molecule has 1 atom stereocenters. The van der Waals surface area contributed by atoms with Crippen molar-refractivity contribution in [2.75, 3.05) is 26.2 Å². The molecule has 0 spiro atoms. The van der Waals surface area contributed by atoms with Gasteiger partial charge < -0.3 is 5.32 Å². The highest BCUT2D eigenvalue weighted by Gasteiger charge is 2.39. The van der Waals surface area contributed by atoms with E-state index in [1.54, 1.807) is 4.31 Å². The molecule has 0 aromatic carbocycles. The van der Waals surface area contributed by atoms with E-state index < -0.39 is 10.2 Å². The molecule has 0 bridgehead atoms. The third-order valence-electron chi connectivity index (χ3n) is 4.47. The predicted molar refractivity (Wildman–Crippen MR) is 81.8 cm³/mol. The fourth-order valence-corrected chi connectivity index (χ4v) is 4.32. The van der Waals surface area contributed by atoms with Crippen LogP contribution in [0.25, 0.3) is 0 Å². The second-order valence-corrected chi connectivity index (χ2v) is 8.31. The van der Waals surface area contributed by atoms with Crippen LogP contribution in [-0.4, -0.2) is 44.9 Å². The Morgan fingerprint density at radius 3 is 2.70 bits per heavy atom. The summed E-state index contributed by atoms with van der Waals surface area (Å²) in [5.74, 6) is 0. The molecule has 20 heavy (non-hydrogen) atoms. The van der Waals surface area contributed by atoms with Gasteiger partial charge in [0.2, 0.25) is 0 Å². The molecule has 1 heterocycles. The lowest BCUT2D eigenvalue weighted by Crippen LogP contribution is -2.53. The van der Waals surface area contributed by atoms with Crippen molar-refractivity contribution in [2.24, 2.45) is 5.41 Å². The molecule has 5 nitrogen and oxygen atoms in total. The first kappa shape index (κ1) is 16.2. The van der Waals surface area contributed by atoms with Crippen LogP contribution in [0.1, 0.15) is 52.4 Å². The third kappa shape index (κ3) is 4.41. The number of hydrogen-bond donors (Lipinski definition) is 2. The van der Waals surface area contributed by atoms with Crippen LogP contribution >= 0.6 is 0 Å². The van der Waals surface area contributed by atoms with E-state index in [1.165, 1.54) is 0 Å². The minimum absolute atomic E-state index is 0.111. The van der Waals surface area contributed by atoms with Crippen molar-refractivity contribution in [2.45, 2.75) is 58.4 Å². The van der Waals surface area contributed by atoms with E-state index >= 15 is 0 Å². The highest BCUT2D eigenvalue weighted by atomic mass is 32.2. The maximum Gasteiger partial charge on any atom is 0.279 e. The summed E-state index contributed by atoms with van der Waals surface area (Å²) in [6.45, 7) is 7.24. The van der Waals surface area contributed by atoms with Gasteiger partial charge in [-0.05, 0) is 44.1 Å². The van der Waals surface area contributed by atoms with Crippen molar-refractivity contribution in [3.8, 4) is 0 Å². The van der Waals surface area contributed by atoms with Crippen molar-refractivity contribution in [3.05, 3.63) is 0 Å². The van der Waals surface area contributed by atoms with Crippen molar-refractivity contribution in [3.63, 3.8) is 0 Å². The summed E-state index contributed by atoms with van der Waals surface area (Å²) >= 11 is 0. The molecule has 1 aliphatic carbocycles. The molecule has 2 aliphatic rings. The molecule has 118 valence electrons. The summed E-state index contributed by atoms with van der Waals surface area (Å²) in [4.78, 5) is 0. The first-order chi connectivity index (χ1) is 9.47. The van der Waals surface area contributed by atoms with E-state index in [0.717, 1.165) is 51.6 Å². The second kappa shape index (κ2) is 6.73. The highest BCUT2D eigenvalue weighted by Crippen LogP contribution is 2.44. The molecule has 0 amide bonds. The molecular weight excluding hydrogens is 274 g/mol. The number of nitrogens with one attached hydrogen (secondary N) is 2. The Bertz CT molecular complexity index is 407. The Hall–Kier alpha value is -0.170. The lowest BCUT2D eigenvalue weighted by Gasteiger charge is -2.35. The van der Waals surface area contributed by atoms with Gasteiger partial charge >= 0.3 is 0 Å². The molecule has 2 fully saturated rings. The van der Waals surface area contributed by atoms with Crippen molar-refractivity contribution in [1.29, 1.82) is 0 Å². The van der Waals surface area contributed by atoms with Gasteiger partial charge in [-0.3, -0.25) is 0 Å². The average molecular weight is 303 g/mol. The Kier molecular flexibility index (Phi) is 5.45. The highest BCUT2D eigenvalue weighted by molar-refractivity contribution is 7.87. The van der Waals surface area contributed by atoms with Crippen molar-refractivity contribution < 1.29 is 8.42 Å². The Morgan fingerprint density at radius 1 is 1.30 bits per heavy atom. The molecule has 1 saturated heterocycles.